The molecule has 0 spiro atoms. The number of hydrogen-bond donors (Lipinski definition) is 2. The van der Waals surface area contributed by atoms with Gasteiger partial charge in [-0.15, -0.1) is 0 Å². The molecule has 0 saturated carbocycles. The van der Waals surface area contributed by atoms with E-state index in [0.29, 0.717) is 12.1 Å². The van der Waals surface area contributed by atoms with Crippen LogP contribution in [0.3, 0.4) is 0 Å². The van der Waals surface area contributed by atoms with Gasteiger partial charge in [0.05, 0.1) is 6.04 Å². The topological polar surface area (TPSA) is 48.1 Å². The SMILES string of the molecule is Cc1[nH]c2ccc(C(=O)NC[C@H](c3cccc(F)c3)N(C)C)cc2c1C. The highest BCUT2D eigenvalue weighted by molar-refractivity contribution is 5.99. The number of halogens is 1. The summed E-state index contributed by atoms with van der Waals surface area (Å²) in [5.41, 5.74) is 4.75. The normalized spacial score (nSPS) is 12.5. The van der Waals surface area contributed by atoms with E-state index >= 15 is 0 Å². The number of carbonyl (C=O) groups is 1. The zero-order chi connectivity index (χ0) is 18.8. The molecule has 0 bridgehead atoms. The lowest BCUT2D eigenvalue weighted by atomic mass is 10.1. The Balaban J connectivity index is 1.77. The predicted molar refractivity (Wildman–Crippen MR) is 103 cm³/mol. The van der Waals surface area contributed by atoms with Crippen LogP contribution >= 0.6 is 0 Å². The van der Waals surface area contributed by atoms with Gasteiger partial charge in [0.15, 0.2) is 0 Å². The second-order valence-electron chi connectivity index (χ2n) is 6.88. The monoisotopic (exact) mass is 353 g/mol. The minimum absolute atomic E-state index is 0.102. The lowest BCUT2D eigenvalue weighted by Crippen LogP contribution is -2.34. The van der Waals surface area contributed by atoms with Crippen molar-refractivity contribution in [3.63, 3.8) is 0 Å². The van der Waals surface area contributed by atoms with Crippen molar-refractivity contribution in [3.8, 4) is 0 Å². The fraction of sp³-hybridized carbons (Fsp3) is 0.286. The van der Waals surface area contributed by atoms with Crippen LogP contribution in [0.4, 0.5) is 4.39 Å². The molecule has 1 heterocycles. The molecular formula is C21H24FN3O. The fourth-order valence-corrected chi connectivity index (χ4v) is 3.21. The summed E-state index contributed by atoms with van der Waals surface area (Å²) in [5, 5.41) is 4.04. The molecular weight excluding hydrogens is 329 g/mol. The number of amides is 1. The largest absolute Gasteiger partial charge is 0.358 e. The Bertz CT molecular complexity index is 946. The van der Waals surface area contributed by atoms with Crippen molar-refractivity contribution < 1.29 is 9.18 Å². The third kappa shape index (κ3) is 3.63. The number of hydrogen-bond acceptors (Lipinski definition) is 2. The molecule has 1 amide bonds. The van der Waals surface area contributed by atoms with Gasteiger partial charge in [-0.3, -0.25) is 4.79 Å². The Morgan fingerprint density at radius 1 is 1.19 bits per heavy atom. The highest BCUT2D eigenvalue weighted by atomic mass is 19.1. The van der Waals surface area contributed by atoms with Crippen LogP contribution in [0.5, 0.6) is 0 Å². The molecule has 0 fully saturated rings. The zero-order valence-corrected chi connectivity index (χ0v) is 15.6. The molecule has 0 aliphatic heterocycles. The van der Waals surface area contributed by atoms with Gasteiger partial charge in [-0.05, 0) is 69.4 Å². The number of aromatic amines is 1. The Morgan fingerprint density at radius 2 is 1.96 bits per heavy atom. The molecule has 0 aliphatic carbocycles. The first-order valence-electron chi connectivity index (χ1n) is 8.66. The molecule has 26 heavy (non-hydrogen) atoms. The smallest absolute Gasteiger partial charge is 0.251 e. The maximum atomic E-state index is 13.5. The number of carbonyl (C=O) groups excluding carboxylic acids is 1. The summed E-state index contributed by atoms with van der Waals surface area (Å²) in [7, 11) is 3.83. The molecule has 0 saturated heterocycles. The van der Waals surface area contributed by atoms with E-state index in [1.165, 1.54) is 12.1 Å². The maximum Gasteiger partial charge on any atom is 0.251 e. The molecule has 1 aromatic heterocycles. The number of nitrogens with zero attached hydrogens (tertiary/aromatic N) is 1. The molecule has 4 nitrogen and oxygen atoms in total. The summed E-state index contributed by atoms with van der Waals surface area (Å²) in [6.07, 6.45) is 0. The molecule has 2 aromatic carbocycles. The van der Waals surface area contributed by atoms with Gasteiger partial charge >= 0.3 is 0 Å². The van der Waals surface area contributed by atoms with Gasteiger partial charge < -0.3 is 15.2 Å². The van der Waals surface area contributed by atoms with E-state index in [-0.39, 0.29) is 17.8 Å². The number of fused-ring (bicyclic) bond motifs is 1. The zero-order valence-electron chi connectivity index (χ0n) is 15.6. The van der Waals surface area contributed by atoms with E-state index in [1.54, 1.807) is 6.07 Å². The molecule has 2 N–H and O–H groups in total. The van der Waals surface area contributed by atoms with Crippen LogP contribution in [-0.4, -0.2) is 36.4 Å². The lowest BCUT2D eigenvalue weighted by Gasteiger charge is -2.25. The number of likely N-dealkylation sites (N-methyl/N-ethyl adjacent to an activating group) is 1. The molecule has 5 heteroatoms. The lowest BCUT2D eigenvalue weighted by molar-refractivity contribution is 0.0942. The summed E-state index contributed by atoms with van der Waals surface area (Å²) in [5.74, 6) is -0.405. The van der Waals surface area contributed by atoms with Gasteiger partial charge in [0, 0.05) is 28.7 Å². The van der Waals surface area contributed by atoms with E-state index in [2.05, 4.69) is 10.3 Å². The second kappa shape index (κ2) is 7.30. The Kier molecular flexibility index (Phi) is 5.09. The van der Waals surface area contributed by atoms with Crippen molar-refractivity contribution in [2.45, 2.75) is 19.9 Å². The summed E-state index contributed by atoms with van der Waals surface area (Å²) in [6.45, 7) is 4.47. The van der Waals surface area contributed by atoms with Crippen molar-refractivity contribution >= 4 is 16.8 Å². The van der Waals surface area contributed by atoms with Gasteiger partial charge in [0.1, 0.15) is 5.82 Å². The van der Waals surface area contributed by atoms with Crippen LogP contribution < -0.4 is 5.32 Å². The summed E-state index contributed by atoms with van der Waals surface area (Å²) >= 11 is 0. The molecule has 1 atom stereocenters. The number of aryl methyl sites for hydroxylation is 2. The van der Waals surface area contributed by atoms with Crippen LogP contribution in [0.15, 0.2) is 42.5 Å². The van der Waals surface area contributed by atoms with Gasteiger partial charge in [-0.25, -0.2) is 4.39 Å². The van der Waals surface area contributed by atoms with Crippen molar-refractivity contribution in [3.05, 3.63) is 70.7 Å². The first-order valence-corrected chi connectivity index (χ1v) is 8.66. The number of aromatic nitrogens is 1. The summed E-state index contributed by atoms with van der Waals surface area (Å²) in [6, 6.07) is 12.1. The van der Waals surface area contributed by atoms with Crippen LogP contribution in [0.1, 0.15) is 33.2 Å². The van der Waals surface area contributed by atoms with Crippen LogP contribution in [-0.2, 0) is 0 Å². The first kappa shape index (κ1) is 18.1. The number of benzene rings is 2. The number of H-pyrrole nitrogens is 1. The highest BCUT2D eigenvalue weighted by Gasteiger charge is 2.17. The second-order valence-corrected chi connectivity index (χ2v) is 6.88. The van der Waals surface area contributed by atoms with E-state index in [0.717, 1.165) is 27.7 Å². The van der Waals surface area contributed by atoms with Gasteiger partial charge in [0.25, 0.3) is 5.91 Å². The van der Waals surface area contributed by atoms with Crippen molar-refractivity contribution in [2.24, 2.45) is 0 Å². The molecule has 0 unspecified atom stereocenters. The van der Waals surface area contributed by atoms with Crippen molar-refractivity contribution in [2.75, 3.05) is 20.6 Å². The summed E-state index contributed by atoms with van der Waals surface area (Å²) < 4.78 is 13.5. The molecule has 0 aliphatic rings. The molecule has 3 aromatic rings. The average molecular weight is 353 g/mol. The average Bonchev–Trinajstić information content (AvgIpc) is 2.88. The van der Waals surface area contributed by atoms with Gasteiger partial charge in [-0.2, -0.15) is 0 Å². The minimum atomic E-state index is -0.274. The molecule has 136 valence electrons. The van der Waals surface area contributed by atoms with Gasteiger partial charge in [0.2, 0.25) is 0 Å². The van der Waals surface area contributed by atoms with E-state index < -0.39 is 0 Å². The minimum Gasteiger partial charge on any atom is -0.358 e. The Hall–Kier alpha value is -2.66. The fourth-order valence-electron chi connectivity index (χ4n) is 3.21. The third-order valence-corrected chi connectivity index (χ3v) is 4.88. The number of rotatable bonds is 5. The maximum absolute atomic E-state index is 13.5. The van der Waals surface area contributed by atoms with Gasteiger partial charge in [-0.1, -0.05) is 12.1 Å². The van der Waals surface area contributed by atoms with Crippen molar-refractivity contribution in [1.82, 2.24) is 15.2 Å². The van der Waals surface area contributed by atoms with Crippen LogP contribution in [0.25, 0.3) is 10.9 Å². The first-order chi connectivity index (χ1) is 12.4. The Morgan fingerprint density at radius 3 is 2.65 bits per heavy atom. The van der Waals surface area contributed by atoms with E-state index in [9.17, 15) is 9.18 Å². The quantitative estimate of drug-likeness (QED) is 0.729. The van der Waals surface area contributed by atoms with E-state index in [4.69, 9.17) is 0 Å². The molecule has 3 rings (SSSR count). The van der Waals surface area contributed by atoms with Crippen LogP contribution in [0.2, 0.25) is 0 Å². The van der Waals surface area contributed by atoms with E-state index in [1.807, 2.05) is 57.1 Å². The third-order valence-electron chi connectivity index (χ3n) is 4.88. The highest BCUT2D eigenvalue weighted by Crippen LogP contribution is 2.23. The van der Waals surface area contributed by atoms with Crippen LogP contribution in [0, 0.1) is 19.7 Å². The predicted octanol–water partition coefficient (Wildman–Crippen LogP) is 3.96. The standard InChI is InChI=1S/C21H24FN3O/c1-13-14(2)24-19-9-8-16(11-18(13)19)21(26)23-12-20(25(3)4)15-6-5-7-17(22)10-15/h5-11,20,24H,12H2,1-4H3,(H,23,26)/t20-/m1/s1. The van der Waals surface area contributed by atoms with Crippen molar-refractivity contribution in [1.29, 1.82) is 0 Å². The number of nitrogens with one attached hydrogen (secondary N) is 2. The molecule has 0 radical (unpaired) electrons. The Labute approximate surface area is 153 Å². The summed E-state index contributed by atoms with van der Waals surface area (Å²) in [4.78, 5) is 17.9.